The Morgan fingerprint density at radius 2 is 1.58 bits per heavy atom. The molecule has 0 spiro atoms. The molecule has 0 fully saturated rings. The molecular formula is C15H10N2O2. The van der Waals surface area contributed by atoms with Crippen LogP contribution in [0.4, 0.5) is 5.69 Å². The standard InChI is InChI=1S/C15H10N2O2/c16-10-19-15-7-3-13(4-8-15)9-12-1-5-14(6-2-12)17-11-18/h1-8H,9H2. The van der Waals surface area contributed by atoms with E-state index in [2.05, 4.69) is 4.99 Å². The molecule has 0 aromatic heterocycles. The molecule has 4 heteroatoms. The van der Waals surface area contributed by atoms with Gasteiger partial charge in [0.15, 0.2) is 0 Å². The van der Waals surface area contributed by atoms with Crippen LogP contribution < -0.4 is 4.74 Å². The van der Waals surface area contributed by atoms with Crippen molar-refractivity contribution >= 4 is 11.8 Å². The minimum atomic E-state index is 0.530. The molecule has 0 bridgehead atoms. The topological polar surface area (TPSA) is 62.4 Å². The highest BCUT2D eigenvalue weighted by atomic mass is 16.5. The van der Waals surface area contributed by atoms with Crippen LogP contribution in [-0.2, 0) is 11.2 Å². The van der Waals surface area contributed by atoms with Gasteiger partial charge < -0.3 is 4.74 Å². The van der Waals surface area contributed by atoms with E-state index >= 15 is 0 Å². The first-order valence-corrected chi connectivity index (χ1v) is 5.63. The Balaban J connectivity index is 2.08. The summed E-state index contributed by atoms with van der Waals surface area (Å²) in [4.78, 5) is 13.6. The van der Waals surface area contributed by atoms with E-state index in [1.54, 1.807) is 30.5 Å². The second-order valence-electron chi connectivity index (χ2n) is 3.88. The lowest BCUT2D eigenvalue weighted by molar-refractivity contribution is 0.507. The second kappa shape index (κ2) is 6.15. The van der Waals surface area contributed by atoms with Crippen molar-refractivity contribution in [1.29, 1.82) is 5.26 Å². The van der Waals surface area contributed by atoms with Crippen molar-refractivity contribution in [2.75, 3.05) is 0 Å². The number of nitriles is 1. The van der Waals surface area contributed by atoms with Crippen LogP contribution in [0.15, 0.2) is 53.5 Å². The predicted octanol–water partition coefficient (Wildman–Crippen LogP) is 3.10. The zero-order chi connectivity index (χ0) is 13.5. The van der Waals surface area contributed by atoms with Crippen LogP contribution in [0.1, 0.15) is 11.1 Å². The molecule has 0 unspecified atom stereocenters. The molecule has 0 saturated heterocycles. The molecule has 0 saturated carbocycles. The average molecular weight is 250 g/mol. The zero-order valence-corrected chi connectivity index (χ0v) is 10.0. The SMILES string of the molecule is N#COc1ccc(Cc2ccc(N=C=O)cc2)cc1. The van der Waals surface area contributed by atoms with Crippen molar-refractivity contribution in [2.24, 2.45) is 4.99 Å². The first-order valence-electron chi connectivity index (χ1n) is 5.63. The number of carbonyl (C=O) groups excluding carboxylic acids is 1. The molecule has 0 amide bonds. The summed E-state index contributed by atoms with van der Waals surface area (Å²) in [5, 5.41) is 8.39. The Morgan fingerprint density at radius 3 is 2.11 bits per heavy atom. The molecule has 0 radical (unpaired) electrons. The lowest BCUT2D eigenvalue weighted by Gasteiger charge is -2.03. The number of hydrogen-bond acceptors (Lipinski definition) is 4. The number of aliphatic imine (C=N–C) groups is 1. The lowest BCUT2D eigenvalue weighted by Crippen LogP contribution is -1.88. The second-order valence-corrected chi connectivity index (χ2v) is 3.88. The molecule has 0 N–H and O–H groups in total. The molecule has 2 rings (SSSR count). The minimum Gasteiger partial charge on any atom is -0.388 e. The highest BCUT2D eigenvalue weighted by molar-refractivity contribution is 5.49. The summed E-state index contributed by atoms with van der Waals surface area (Å²) in [6, 6.07) is 14.7. The van der Waals surface area contributed by atoms with Gasteiger partial charge in [0, 0.05) is 0 Å². The Hall–Kier alpha value is -2.89. The summed E-state index contributed by atoms with van der Waals surface area (Å²) in [7, 11) is 0. The van der Waals surface area contributed by atoms with Crippen LogP contribution in [-0.4, -0.2) is 6.08 Å². The van der Waals surface area contributed by atoms with Gasteiger partial charge in [0.25, 0.3) is 6.26 Å². The first kappa shape index (κ1) is 12.6. The van der Waals surface area contributed by atoms with Crippen molar-refractivity contribution in [3.05, 3.63) is 59.7 Å². The summed E-state index contributed by atoms with van der Waals surface area (Å²) in [6.45, 7) is 0. The molecule has 19 heavy (non-hydrogen) atoms. The van der Waals surface area contributed by atoms with Crippen LogP contribution in [0.5, 0.6) is 5.75 Å². The fraction of sp³-hybridized carbons (Fsp3) is 0.0667. The normalized spacial score (nSPS) is 9.21. The van der Waals surface area contributed by atoms with Crippen LogP contribution in [0.2, 0.25) is 0 Å². The van der Waals surface area contributed by atoms with E-state index in [0.29, 0.717) is 11.4 Å². The zero-order valence-electron chi connectivity index (χ0n) is 10.0. The Bertz CT molecular complexity index is 633. The van der Waals surface area contributed by atoms with E-state index in [0.717, 1.165) is 17.5 Å². The lowest BCUT2D eigenvalue weighted by atomic mass is 10.0. The van der Waals surface area contributed by atoms with Crippen LogP contribution in [0.3, 0.4) is 0 Å². The molecule has 0 aliphatic heterocycles. The number of rotatable bonds is 4. The molecule has 2 aromatic carbocycles. The maximum absolute atomic E-state index is 10.1. The highest BCUT2D eigenvalue weighted by Gasteiger charge is 1.98. The van der Waals surface area contributed by atoms with E-state index in [1.165, 1.54) is 6.08 Å². The summed E-state index contributed by atoms with van der Waals surface area (Å²) in [6.07, 6.45) is 3.90. The van der Waals surface area contributed by atoms with Crippen LogP contribution in [0, 0.1) is 11.5 Å². The van der Waals surface area contributed by atoms with Crippen molar-refractivity contribution < 1.29 is 9.53 Å². The van der Waals surface area contributed by atoms with Gasteiger partial charge in [0.2, 0.25) is 6.08 Å². The van der Waals surface area contributed by atoms with Crippen molar-refractivity contribution in [1.82, 2.24) is 0 Å². The maximum Gasteiger partial charge on any atom is 0.292 e. The van der Waals surface area contributed by atoms with E-state index in [9.17, 15) is 4.79 Å². The smallest absolute Gasteiger partial charge is 0.292 e. The van der Waals surface area contributed by atoms with Crippen LogP contribution >= 0.6 is 0 Å². The summed E-state index contributed by atoms with van der Waals surface area (Å²) in [5.74, 6) is 0.530. The largest absolute Gasteiger partial charge is 0.388 e. The van der Waals surface area contributed by atoms with Gasteiger partial charge in [-0.15, -0.1) is 5.26 Å². The van der Waals surface area contributed by atoms with Gasteiger partial charge >= 0.3 is 0 Å². The monoisotopic (exact) mass is 250 g/mol. The third-order valence-electron chi connectivity index (χ3n) is 2.61. The molecule has 0 atom stereocenters. The Kier molecular flexibility index (Phi) is 4.07. The van der Waals surface area contributed by atoms with Gasteiger partial charge in [0.05, 0.1) is 5.69 Å². The van der Waals surface area contributed by atoms with E-state index in [4.69, 9.17) is 10.00 Å². The highest BCUT2D eigenvalue weighted by Crippen LogP contribution is 2.17. The average Bonchev–Trinajstić information content (AvgIpc) is 2.44. The molecular weight excluding hydrogens is 240 g/mol. The minimum absolute atomic E-state index is 0.530. The quantitative estimate of drug-likeness (QED) is 0.476. The van der Waals surface area contributed by atoms with E-state index in [1.807, 2.05) is 24.3 Å². The number of hydrogen-bond donors (Lipinski definition) is 0. The van der Waals surface area contributed by atoms with Gasteiger partial charge in [-0.05, 0) is 41.8 Å². The fourth-order valence-electron chi connectivity index (χ4n) is 1.70. The maximum atomic E-state index is 10.1. The number of nitrogens with zero attached hydrogens (tertiary/aromatic N) is 2. The number of ether oxygens (including phenoxy) is 1. The summed E-state index contributed by atoms with van der Waals surface area (Å²) >= 11 is 0. The van der Waals surface area contributed by atoms with Crippen molar-refractivity contribution in [3.63, 3.8) is 0 Å². The number of benzene rings is 2. The summed E-state index contributed by atoms with van der Waals surface area (Å²) in [5.41, 5.74) is 2.81. The third kappa shape index (κ3) is 3.53. The number of isocyanates is 1. The predicted molar refractivity (Wildman–Crippen MR) is 69.7 cm³/mol. The molecule has 0 aliphatic rings. The van der Waals surface area contributed by atoms with Gasteiger partial charge in [-0.3, -0.25) is 0 Å². The third-order valence-corrected chi connectivity index (χ3v) is 2.61. The molecule has 2 aromatic rings. The molecule has 0 heterocycles. The van der Waals surface area contributed by atoms with Crippen LogP contribution in [0.25, 0.3) is 0 Å². The Morgan fingerprint density at radius 1 is 1.00 bits per heavy atom. The van der Waals surface area contributed by atoms with Gasteiger partial charge in [-0.2, -0.15) is 4.99 Å². The fourth-order valence-corrected chi connectivity index (χ4v) is 1.70. The van der Waals surface area contributed by atoms with E-state index in [-0.39, 0.29) is 0 Å². The summed E-state index contributed by atoms with van der Waals surface area (Å²) < 4.78 is 4.71. The molecule has 4 nitrogen and oxygen atoms in total. The molecule has 92 valence electrons. The van der Waals surface area contributed by atoms with Gasteiger partial charge in [-0.25, -0.2) is 4.79 Å². The first-order chi connectivity index (χ1) is 9.31. The van der Waals surface area contributed by atoms with Gasteiger partial charge in [-0.1, -0.05) is 24.3 Å². The molecule has 0 aliphatic carbocycles. The van der Waals surface area contributed by atoms with Crippen molar-refractivity contribution in [3.8, 4) is 12.0 Å². The van der Waals surface area contributed by atoms with Gasteiger partial charge in [0.1, 0.15) is 5.75 Å². The Labute approximate surface area is 110 Å². The van der Waals surface area contributed by atoms with E-state index < -0.39 is 0 Å². The van der Waals surface area contributed by atoms with Crippen molar-refractivity contribution in [2.45, 2.75) is 6.42 Å².